The quantitative estimate of drug-likeness (QED) is 0.793. The van der Waals surface area contributed by atoms with E-state index in [2.05, 4.69) is 0 Å². The number of halogens is 3. The molecule has 3 nitrogen and oxygen atoms in total. The van der Waals surface area contributed by atoms with Crippen LogP contribution in [0.2, 0.25) is 0 Å². The molecular formula is C16H20F3NO2. The molecule has 22 heavy (non-hydrogen) atoms. The molecule has 2 N–H and O–H groups in total. The lowest BCUT2D eigenvalue weighted by molar-refractivity contribution is -0.173. The highest BCUT2D eigenvalue weighted by atomic mass is 19.4. The van der Waals surface area contributed by atoms with Crippen molar-refractivity contribution < 1.29 is 23.1 Å². The molecule has 1 aromatic rings. The standard InChI is InChI=1S/C16H20F3NO2/c1-15(2,22)9-8-13-6-3-5-12(11-13)7-4-10-20-14(21)16(17,18)19/h3,5-6,8-9,11,22H,4,7,10H2,1-2H3,(H,20,21). The highest BCUT2D eigenvalue weighted by molar-refractivity contribution is 5.81. The third-order valence-corrected chi connectivity index (χ3v) is 2.82. The lowest BCUT2D eigenvalue weighted by atomic mass is 10.0. The van der Waals surface area contributed by atoms with Gasteiger partial charge >= 0.3 is 12.1 Å². The summed E-state index contributed by atoms with van der Waals surface area (Å²) in [5, 5.41) is 11.5. The number of carbonyl (C=O) groups excluding carboxylic acids is 1. The van der Waals surface area contributed by atoms with Crippen molar-refractivity contribution in [3.05, 3.63) is 41.5 Å². The van der Waals surface area contributed by atoms with E-state index in [0.717, 1.165) is 11.1 Å². The van der Waals surface area contributed by atoms with Crippen LogP contribution >= 0.6 is 0 Å². The Labute approximate surface area is 127 Å². The number of carbonyl (C=O) groups is 1. The number of amides is 1. The molecule has 0 fully saturated rings. The van der Waals surface area contributed by atoms with E-state index in [0.29, 0.717) is 12.8 Å². The fourth-order valence-electron chi connectivity index (χ4n) is 1.75. The third-order valence-electron chi connectivity index (χ3n) is 2.82. The molecule has 0 unspecified atom stereocenters. The van der Waals surface area contributed by atoms with Gasteiger partial charge in [-0.25, -0.2) is 0 Å². The molecular weight excluding hydrogens is 295 g/mol. The summed E-state index contributed by atoms with van der Waals surface area (Å²) in [5.74, 6) is -1.91. The number of aryl methyl sites for hydroxylation is 1. The van der Waals surface area contributed by atoms with Gasteiger partial charge in [0, 0.05) is 6.54 Å². The van der Waals surface area contributed by atoms with Gasteiger partial charge in [-0.2, -0.15) is 13.2 Å². The molecule has 0 spiro atoms. The molecule has 122 valence electrons. The fourth-order valence-corrected chi connectivity index (χ4v) is 1.75. The summed E-state index contributed by atoms with van der Waals surface area (Å²) >= 11 is 0. The van der Waals surface area contributed by atoms with E-state index < -0.39 is 17.7 Å². The maximum atomic E-state index is 12.0. The Balaban J connectivity index is 2.48. The molecule has 0 atom stereocenters. The van der Waals surface area contributed by atoms with Crippen LogP contribution in [0.5, 0.6) is 0 Å². The zero-order chi connectivity index (χ0) is 16.8. The monoisotopic (exact) mass is 315 g/mol. The van der Waals surface area contributed by atoms with E-state index in [1.165, 1.54) is 0 Å². The first kappa shape index (κ1) is 18.2. The number of hydrogen-bond donors (Lipinski definition) is 2. The van der Waals surface area contributed by atoms with Gasteiger partial charge in [0.15, 0.2) is 0 Å². The van der Waals surface area contributed by atoms with E-state index in [4.69, 9.17) is 0 Å². The number of rotatable bonds is 6. The van der Waals surface area contributed by atoms with Crippen molar-refractivity contribution in [2.75, 3.05) is 6.54 Å². The molecule has 0 saturated heterocycles. The summed E-state index contributed by atoms with van der Waals surface area (Å²) < 4.78 is 36.0. The first-order valence-electron chi connectivity index (χ1n) is 6.93. The Hall–Kier alpha value is -1.82. The maximum Gasteiger partial charge on any atom is 0.471 e. The van der Waals surface area contributed by atoms with Gasteiger partial charge in [0.2, 0.25) is 0 Å². The summed E-state index contributed by atoms with van der Waals surface area (Å²) in [6, 6.07) is 7.48. The van der Waals surface area contributed by atoms with Gasteiger partial charge in [0.1, 0.15) is 0 Å². The minimum Gasteiger partial charge on any atom is -0.386 e. The van der Waals surface area contributed by atoms with Crippen LogP contribution in [-0.4, -0.2) is 29.3 Å². The maximum absolute atomic E-state index is 12.0. The van der Waals surface area contributed by atoms with Crippen molar-refractivity contribution in [2.45, 2.75) is 38.5 Å². The molecule has 0 radical (unpaired) electrons. The minimum absolute atomic E-state index is 0.0257. The number of aliphatic hydroxyl groups is 1. The lowest BCUT2D eigenvalue weighted by Gasteiger charge is -2.10. The summed E-state index contributed by atoms with van der Waals surface area (Å²) in [4.78, 5) is 10.6. The molecule has 0 saturated carbocycles. The van der Waals surface area contributed by atoms with Gasteiger partial charge in [-0.05, 0) is 37.8 Å². The molecule has 1 rings (SSSR count). The van der Waals surface area contributed by atoms with E-state index in [1.54, 1.807) is 26.0 Å². The lowest BCUT2D eigenvalue weighted by Crippen LogP contribution is -2.37. The van der Waals surface area contributed by atoms with Crippen LogP contribution in [0.4, 0.5) is 13.2 Å². The first-order valence-corrected chi connectivity index (χ1v) is 6.93. The second-order valence-corrected chi connectivity index (χ2v) is 5.59. The number of hydrogen-bond acceptors (Lipinski definition) is 2. The van der Waals surface area contributed by atoms with Gasteiger partial charge in [-0.15, -0.1) is 0 Å². The molecule has 0 aliphatic carbocycles. The Morgan fingerprint density at radius 3 is 2.59 bits per heavy atom. The molecule has 0 aliphatic rings. The first-order chi connectivity index (χ1) is 10.1. The van der Waals surface area contributed by atoms with E-state index in [-0.39, 0.29) is 6.54 Å². The normalized spacial score (nSPS) is 12.6. The van der Waals surface area contributed by atoms with Gasteiger partial charge in [-0.1, -0.05) is 36.4 Å². The van der Waals surface area contributed by atoms with Gasteiger partial charge in [0.25, 0.3) is 0 Å². The van der Waals surface area contributed by atoms with Crippen LogP contribution in [0, 0.1) is 0 Å². The van der Waals surface area contributed by atoms with Gasteiger partial charge in [0.05, 0.1) is 5.60 Å². The van der Waals surface area contributed by atoms with Crippen LogP contribution in [0.15, 0.2) is 30.3 Å². The third kappa shape index (κ3) is 7.26. The molecule has 1 aromatic carbocycles. The highest BCUT2D eigenvalue weighted by Gasteiger charge is 2.38. The summed E-state index contributed by atoms with van der Waals surface area (Å²) in [6.45, 7) is 3.30. The predicted molar refractivity (Wildman–Crippen MR) is 79.2 cm³/mol. The minimum atomic E-state index is -4.83. The highest BCUT2D eigenvalue weighted by Crippen LogP contribution is 2.14. The molecule has 0 heterocycles. The van der Waals surface area contributed by atoms with Crippen LogP contribution in [0.25, 0.3) is 6.08 Å². The van der Waals surface area contributed by atoms with Gasteiger partial charge in [-0.3, -0.25) is 4.79 Å². The topological polar surface area (TPSA) is 49.3 Å². The van der Waals surface area contributed by atoms with Gasteiger partial charge < -0.3 is 10.4 Å². The zero-order valence-electron chi connectivity index (χ0n) is 12.6. The smallest absolute Gasteiger partial charge is 0.386 e. The number of alkyl halides is 3. The molecule has 0 bridgehead atoms. The van der Waals surface area contributed by atoms with Crippen molar-refractivity contribution in [1.29, 1.82) is 0 Å². The van der Waals surface area contributed by atoms with Crippen molar-refractivity contribution in [1.82, 2.24) is 5.32 Å². The molecule has 6 heteroatoms. The fraction of sp³-hybridized carbons (Fsp3) is 0.438. The summed E-state index contributed by atoms with van der Waals surface area (Å²) in [7, 11) is 0. The van der Waals surface area contributed by atoms with E-state index >= 15 is 0 Å². The van der Waals surface area contributed by atoms with Crippen molar-refractivity contribution in [3.8, 4) is 0 Å². The predicted octanol–water partition coefficient (Wildman–Crippen LogP) is 3.08. The van der Waals surface area contributed by atoms with Crippen LogP contribution in [0.1, 0.15) is 31.4 Å². The number of nitrogens with one attached hydrogen (secondary N) is 1. The Kier molecular flexibility index (Phi) is 6.17. The molecule has 0 aromatic heterocycles. The average Bonchev–Trinajstić information content (AvgIpc) is 2.40. The average molecular weight is 315 g/mol. The summed E-state index contributed by atoms with van der Waals surface area (Å²) in [6.07, 6.45) is -0.408. The Morgan fingerprint density at radius 2 is 2.00 bits per heavy atom. The van der Waals surface area contributed by atoms with Crippen LogP contribution < -0.4 is 5.32 Å². The second kappa shape index (κ2) is 7.45. The van der Waals surface area contributed by atoms with Crippen molar-refractivity contribution in [2.24, 2.45) is 0 Å². The van der Waals surface area contributed by atoms with Crippen molar-refractivity contribution in [3.63, 3.8) is 0 Å². The van der Waals surface area contributed by atoms with E-state index in [1.807, 2.05) is 29.6 Å². The molecule has 0 aliphatic heterocycles. The summed E-state index contributed by atoms with van der Waals surface area (Å²) in [5.41, 5.74) is 0.954. The Bertz CT molecular complexity index is 531. The molecule has 1 amide bonds. The zero-order valence-corrected chi connectivity index (χ0v) is 12.6. The SMILES string of the molecule is CC(C)(O)C=Cc1cccc(CCCNC(=O)C(F)(F)F)c1. The largest absolute Gasteiger partial charge is 0.471 e. The van der Waals surface area contributed by atoms with E-state index in [9.17, 15) is 23.1 Å². The second-order valence-electron chi connectivity index (χ2n) is 5.59. The Morgan fingerprint density at radius 1 is 1.32 bits per heavy atom. The van der Waals surface area contributed by atoms with Crippen LogP contribution in [0.3, 0.4) is 0 Å². The van der Waals surface area contributed by atoms with Crippen LogP contribution in [-0.2, 0) is 11.2 Å². The van der Waals surface area contributed by atoms with Crippen molar-refractivity contribution >= 4 is 12.0 Å². The number of benzene rings is 1.